The van der Waals surface area contributed by atoms with Crippen LogP contribution in [0, 0.1) is 3.70 Å². The van der Waals surface area contributed by atoms with Crippen LogP contribution in [0.1, 0.15) is 0 Å². The van der Waals surface area contributed by atoms with Crippen LogP contribution in [-0.2, 0) is 0 Å². The van der Waals surface area contributed by atoms with Gasteiger partial charge in [-0.25, -0.2) is 9.97 Å². The molecule has 0 N–H and O–H groups in total. The summed E-state index contributed by atoms with van der Waals surface area (Å²) in [5.74, 6) is 0. The first-order valence-electron chi connectivity index (χ1n) is 4.27. The predicted octanol–water partition coefficient (Wildman–Crippen LogP) is 2.30. The first kappa shape index (κ1) is 9.64. The fourth-order valence-electron chi connectivity index (χ4n) is 1.38. The lowest BCUT2D eigenvalue weighted by molar-refractivity contribution is 1.13. The van der Waals surface area contributed by atoms with Gasteiger partial charge in [-0.15, -0.1) is 0 Å². The summed E-state index contributed by atoms with van der Waals surface area (Å²) in [6.45, 7) is 0. The van der Waals surface area contributed by atoms with Crippen LogP contribution in [0.2, 0.25) is 0 Å². The lowest BCUT2D eigenvalue weighted by Crippen LogP contribution is -2.09. The second-order valence-corrected chi connectivity index (χ2v) is 4.33. The van der Waals surface area contributed by atoms with E-state index in [0.717, 1.165) is 20.4 Å². The number of rotatable bonds is 1. The molecule has 0 aromatic carbocycles. The zero-order chi connectivity index (χ0) is 10.1. The van der Waals surface area contributed by atoms with Gasteiger partial charge in [0.15, 0.2) is 5.65 Å². The van der Waals surface area contributed by atoms with Crippen molar-refractivity contribution in [3.05, 3.63) is 28.1 Å². The highest BCUT2D eigenvalue weighted by Gasteiger charge is 2.04. The Bertz CT molecular complexity index is 468. The Hall–Kier alpha value is -0.910. The van der Waals surface area contributed by atoms with Crippen molar-refractivity contribution >= 4 is 39.3 Å². The highest BCUT2D eigenvalue weighted by atomic mass is 127. The molecule has 2 aromatic heterocycles. The van der Waals surface area contributed by atoms with Crippen LogP contribution in [-0.4, -0.2) is 24.1 Å². The van der Waals surface area contributed by atoms with Gasteiger partial charge in [0.25, 0.3) is 0 Å². The van der Waals surface area contributed by atoms with E-state index in [9.17, 15) is 0 Å². The summed E-state index contributed by atoms with van der Waals surface area (Å²) >= 11 is 2.19. The van der Waals surface area contributed by atoms with Gasteiger partial charge in [0.05, 0.1) is 0 Å². The van der Waals surface area contributed by atoms with E-state index in [-0.39, 0.29) is 0 Å². The minimum atomic E-state index is 0.808. The third kappa shape index (κ3) is 1.66. The Morgan fingerprint density at radius 3 is 2.71 bits per heavy atom. The maximum absolute atomic E-state index is 4.37. The van der Waals surface area contributed by atoms with Crippen LogP contribution < -0.4 is 4.90 Å². The number of fused-ring (bicyclic) bond motifs is 1. The van der Waals surface area contributed by atoms with Gasteiger partial charge in [-0.3, -0.25) is 0 Å². The molecule has 0 aliphatic rings. The maximum Gasteiger partial charge on any atom is 0.162 e. The summed E-state index contributed by atoms with van der Waals surface area (Å²) in [6, 6.07) is 6.06. The van der Waals surface area contributed by atoms with E-state index in [1.54, 1.807) is 6.20 Å². The smallest absolute Gasteiger partial charge is 0.162 e. The Labute approximate surface area is 96.3 Å². The number of halogens is 1. The van der Waals surface area contributed by atoms with Gasteiger partial charge in [0, 0.05) is 31.4 Å². The number of anilines is 1. The minimum absolute atomic E-state index is 0.808. The van der Waals surface area contributed by atoms with E-state index in [4.69, 9.17) is 0 Å². The summed E-state index contributed by atoms with van der Waals surface area (Å²) in [5.41, 5.74) is 1.96. The molecule has 0 atom stereocenters. The molecule has 0 amide bonds. The average molecular weight is 299 g/mol. The molecule has 0 saturated carbocycles. The normalized spacial score (nSPS) is 10.5. The van der Waals surface area contributed by atoms with E-state index in [1.165, 1.54) is 0 Å². The quantitative estimate of drug-likeness (QED) is 0.597. The first-order chi connectivity index (χ1) is 6.68. The molecule has 0 fully saturated rings. The van der Waals surface area contributed by atoms with Crippen LogP contribution in [0.25, 0.3) is 11.0 Å². The molecule has 0 bridgehead atoms. The summed E-state index contributed by atoms with van der Waals surface area (Å²) in [7, 11) is 4.04. The highest BCUT2D eigenvalue weighted by Crippen LogP contribution is 2.22. The highest BCUT2D eigenvalue weighted by molar-refractivity contribution is 14.1. The Morgan fingerprint density at radius 2 is 2.00 bits per heavy atom. The Kier molecular flexibility index (Phi) is 2.54. The molecule has 2 rings (SSSR count). The van der Waals surface area contributed by atoms with Crippen molar-refractivity contribution in [2.45, 2.75) is 0 Å². The number of nitrogens with zero attached hydrogens (tertiary/aromatic N) is 3. The zero-order valence-electron chi connectivity index (χ0n) is 8.03. The van der Waals surface area contributed by atoms with E-state index in [1.807, 2.05) is 26.2 Å². The van der Waals surface area contributed by atoms with Crippen LogP contribution >= 0.6 is 22.6 Å². The van der Waals surface area contributed by atoms with Crippen molar-refractivity contribution in [2.24, 2.45) is 0 Å². The van der Waals surface area contributed by atoms with E-state index < -0.39 is 0 Å². The standard InChI is InChI=1S/C10H10IN3/c1-14(2)8-5-6-12-10-7(8)3-4-9(11)13-10/h3-6H,1-2H3. The van der Waals surface area contributed by atoms with Gasteiger partial charge >= 0.3 is 0 Å². The zero-order valence-corrected chi connectivity index (χ0v) is 10.2. The second kappa shape index (κ2) is 3.68. The van der Waals surface area contributed by atoms with Gasteiger partial charge in [0.2, 0.25) is 0 Å². The lowest BCUT2D eigenvalue weighted by Gasteiger charge is -2.14. The maximum atomic E-state index is 4.37. The molecule has 72 valence electrons. The first-order valence-corrected chi connectivity index (χ1v) is 5.35. The molecule has 0 radical (unpaired) electrons. The topological polar surface area (TPSA) is 29.0 Å². The molecule has 2 aromatic rings. The van der Waals surface area contributed by atoms with Crippen LogP contribution in [0.5, 0.6) is 0 Å². The molecule has 0 saturated heterocycles. The van der Waals surface area contributed by atoms with Crippen molar-refractivity contribution in [2.75, 3.05) is 19.0 Å². The summed E-state index contributed by atoms with van der Waals surface area (Å²) in [5, 5.41) is 1.10. The number of aromatic nitrogens is 2. The molecule has 0 aliphatic heterocycles. The number of hydrogen-bond acceptors (Lipinski definition) is 3. The fraction of sp³-hybridized carbons (Fsp3) is 0.200. The monoisotopic (exact) mass is 299 g/mol. The van der Waals surface area contributed by atoms with Gasteiger partial charge in [-0.2, -0.15) is 0 Å². The Balaban J connectivity index is 2.75. The molecule has 0 unspecified atom stereocenters. The van der Waals surface area contributed by atoms with Gasteiger partial charge in [-0.05, 0) is 40.8 Å². The van der Waals surface area contributed by atoms with Crippen molar-refractivity contribution in [1.82, 2.24) is 9.97 Å². The molecule has 0 aliphatic carbocycles. The molecule has 3 nitrogen and oxygen atoms in total. The van der Waals surface area contributed by atoms with Crippen molar-refractivity contribution in [1.29, 1.82) is 0 Å². The van der Waals surface area contributed by atoms with E-state index in [0.29, 0.717) is 0 Å². The molecule has 4 heteroatoms. The largest absolute Gasteiger partial charge is 0.377 e. The van der Waals surface area contributed by atoms with Crippen LogP contribution in [0.15, 0.2) is 24.4 Å². The van der Waals surface area contributed by atoms with Gasteiger partial charge in [0.1, 0.15) is 3.70 Å². The minimum Gasteiger partial charge on any atom is -0.377 e. The van der Waals surface area contributed by atoms with E-state index >= 15 is 0 Å². The van der Waals surface area contributed by atoms with Gasteiger partial charge < -0.3 is 4.90 Å². The molecule has 0 spiro atoms. The van der Waals surface area contributed by atoms with Crippen molar-refractivity contribution in [3.63, 3.8) is 0 Å². The fourth-order valence-corrected chi connectivity index (χ4v) is 1.79. The number of pyridine rings is 2. The number of hydrogen-bond donors (Lipinski definition) is 0. The van der Waals surface area contributed by atoms with Crippen molar-refractivity contribution in [3.8, 4) is 0 Å². The van der Waals surface area contributed by atoms with Crippen LogP contribution in [0.4, 0.5) is 5.69 Å². The summed E-state index contributed by atoms with van der Waals surface area (Å²) in [4.78, 5) is 10.7. The lowest BCUT2D eigenvalue weighted by atomic mass is 10.2. The summed E-state index contributed by atoms with van der Waals surface area (Å²) < 4.78 is 0.971. The SMILES string of the molecule is CN(C)c1ccnc2nc(I)ccc12. The molecule has 14 heavy (non-hydrogen) atoms. The van der Waals surface area contributed by atoms with Gasteiger partial charge in [-0.1, -0.05) is 0 Å². The second-order valence-electron chi connectivity index (χ2n) is 3.23. The average Bonchev–Trinajstić information content (AvgIpc) is 2.16. The third-order valence-corrected chi connectivity index (χ3v) is 2.63. The van der Waals surface area contributed by atoms with E-state index in [2.05, 4.69) is 43.5 Å². The Morgan fingerprint density at radius 1 is 1.21 bits per heavy atom. The van der Waals surface area contributed by atoms with Crippen molar-refractivity contribution < 1.29 is 0 Å². The summed E-state index contributed by atoms with van der Waals surface area (Å²) in [6.07, 6.45) is 1.79. The molecule has 2 heterocycles. The van der Waals surface area contributed by atoms with Crippen LogP contribution in [0.3, 0.4) is 0 Å². The molecular weight excluding hydrogens is 289 g/mol. The molecular formula is C10H10IN3. The predicted molar refractivity (Wildman–Crippen MR) is 66.6 cm³/mol. The third-order valence-electron chi connectivity index (χ3n) is 2.03.